The minimum atomic E-state index is 0.113. The lowest BCUT2D eigenvalue weighted by Gasteiger charge is -2.24. The van der Waals surface area contributed by atoms with E-state index in [1.165, 1.54) is 11.1 Å². The third kappa shape index (κ3) is 5.23. The Bertz CT molecular complexity index is 391. The molecule has 1 aromatic rings. The monoisotopic (exact) mass is 263 g/mol. The summed E-state index contributed by atoms with van der Waals surface area (Å²) in [6, 6.07) is 6.61. The maximum atomic E-state index is 5.97. The van der Waals surface area contributed by atoms with Gasteiger partial charge in [-0.3, -0.25) is 0 Å². The molecule has 1 rings (SSSR count). The molecular weight excluding hydrogens is 234 g/mol. The summed E-state index contributed by atoms with van der Waals surface area (Å²) in [6.07, 6.45) is 1.06. The first-order chi connectivity index (χ1) is 8.84. The predicted octanol–water partition coefficient (Wildman–Crippen LogP) is 3.78. The lowest BCUT2D eigenvalue weighted by Crippen LogP contribution is -2.16. The second-order valence-electron chi connectivity index (χ2n) is 6.64. The van der Waals surface area contributed by atoms with Crippen LogP contribution < -0.4 is 10.1 Å². The molecule has 0 unspecified atom stereocenters. The van der Waals surface area contributed by atoms with Gasteiger partial charge in [-0.2, -0.15) is 0 Å². The highest BCUT2D eigenvalue weighted by Gasteiger charge is 2.19. The van der Waals surface area contributed by atoms with E-state index in [0.29, 0.717) is 5.92 Å². The first-order valence-electron chi connectivity index (χ1n) is 7.25. The smallest absolute Gasteiger partial charge is 0.123 e. The molecule has 0 saturated heterocycles. The van der Waals surface area contributed by atoms with Crippen LogP contribution in [0.25, 0.3) is 0 Å². The first-order valence-corrected chi connectivity index (χ1v) is 7.25. The number of hydrogen-bond acceptors (Lipinski definition) is 2. The summed E-state index contributed by atoms with van der Waals surface area (Å²) >= 11 is 0. The summed E-state index contributed by atoms with van der Waals surface area (Å²) in [5.74, 6) is 1.59. The fourth-order valence-corrected chi connectivity index (χ4v) is 1.97. The lowest BCUT2D eigenvalue weighted by atomic mass is 9.85. The van der Waals surface area contributed by atoms with Gasteiger partial charge in [0.2, 0.25) is 0 Å². The van der Waals surface area contributed by atoms with Crippen LogP contribution in [0.15, 0.2) is 18.2 Å². The molecule has 0 aliphatic carbocycles. The lowest BCUT2D eigenvalue weighted by molar-refractivity contribution is 0.265. The average molecular weight is 263 g/mol. The molecule has 0 heterocycles. The molecule has 2 nitrogen and oxygen atoms in total. The van der Waals surface area contributed by atoms with Crippen molar-refractivity contribution < 1.29 is 4.74 Å². The van der Waals surface area contributed by atoms with Crippen molar-refractivity contribution in [2.24, 2.45) is 5.92 Å². The molecule has 1 N–H and O–H groups in total. The molecule has 2 heteroatoms. The third-order valence-corrected chi connectivity index (χ3v) is 3.09. The topological polar surface area (TPSA) is 21.3 Å². The molecule has 19 heavy (non-hydrogen) atoms. The van der Waals surface area contributed by atoms with E-state index in [9.17, 15) is 0 Å². The van der Waals surface area contributed by atoms with E-state index in [1.54, 1.807) is 0 Å². The molecule has 0 aromatic heterocycles. The Morgan fingerprint density at radius 3 is 2.42 bits per heavy atom. The van der Waals surface area contributed by atoms with Crippen LogP contribution in [0.5, 0.6) is 5.75 Å². The van der Waals surface area contributed by atoms with Crippen LogP contribution in [0, 0.1) is 5.92 Å². The highest BCUT2D eigenvalue weighted by Crippen LogP contribution is 2.32. The van der Waals surface area contributed by atoms with Crippen LogP contribution in [-0.2, 0) is 11.8 Å². The summed E-state index contributed by atoms with van der Waals surface area (Å²) < 4.78 is 5.97. The van der Waals surface area contributed by atoms with Crippen LogP contribution in [0.1, 0.15) is 45.7 Å². The zero-order valence-corrected chi connectivity index (χ0v) is 13.3. The average Bonchev–Trinajstić information content (AvgIpc) is 2.33. The zero-order valence-electron chi connectivity index (χ0n) is 13.3. The SMILES string of the molecule is CNCCc1ccc(OCC(C)C)c(C(C)(C)C)c1. The van der Waals surface area contributed by atoms with Crippen LogP contribution in [-0.4, -0.2) is 20.2 Å². The van der Waals surface area contributed by atoms with Crippen molar-refractivity contribution in [3.63, 3.8) is 0 Å². The van der Waals surface area contributed by atoms with E-state index in [4.69, 9.17) is 4.74 Å². The number of rotatable bonds is 6. The predicted molar refractivity (Wildman–Crippen MR) is 83.1 cm³/mol. The molecule has 0 atom stereocenters. The van der Waals surface area contributed by atoms with E-state index < -0.39 is 0 Å². The minimum Gasteiger partial charge on any atom is -0.493 e. The van der Waals surface area contributed by atoms with Gasteiger partial charge in [-0.05, 0) is 48.5 Å². The number of hydrogen-bond donors (Lipinski definition) is 1. The second kappa shape index (κ2) is 6.95. The van der Waals surface area contributed by atoms with Crippen molar-refractivity contribution in [3.8, 4) is 5.75 Å². The highest BCUT2D eigenvalue weighted by atomic mass is 16.5. The largest absolute Gasteiger partial charge is 0.493 e. The second-order valence-corrected chi connectivity index (χ2v) is 6.64. The van der Waals surface area contributed by atoms with E-state index in [-0.39, 0.29) is 5.41 Å². The van der Waals surface area contributed by atoms with Crippen LogP contribution >= 0.6 is 0 Å². The maximum absolute atomic E-state index is 5.97. The van der Waals surface area contributed by atoms with Crippen molar-refractivity contribution in [1.82, 2.24) is 5.32 Å². The highest BCUT2D eigenvalue weighted by molar-refractivity contribution is 5.41. The van der Waals surface area contributed by atoms with E-state index in [1.807, 2.05) is 7.05 Å². The Morgan fingerprint density at radius 1 is 1.21 bits per heavy atom. The van der Waals surface area contributed by atoms with Crippen molar-refractivity contribution in [2.75, 3.05) is 20.2 Å². The Balaban J connectivity index is 2.96. The molecule has 0 saturated carbocycles. The van der Waals surface area contributed by atoms with E-state index in [0.717, 1.165) is 25.3 Å². The van der Waals surface area contributed by atoms with Gasteiger partial charge in [0.1, 0.15) is 5.75 Å². The van der Waals surface area contributed by atoms with Gasteiger partial charge in [0.25, 0.3) is 0 Å². The quantitative estimate of drug-likeness (QED) is 0.843. The van der Waals surface area contributed by atoms with E-state index >= 15 is 0 Å². The van der Waals surface area contributed by atoms with Gasteiger partial charge in [-0.1, -0.05) is 46.8 Å². The third-order valence-electron chi connectivity index (χ3n) is 3.09. The molecule has 0 aliphatic heterocycles. The molecule has 108 valence electrons. The molecule has 0 bridgehead atoms. The normalized spacial score (nSPS) is 11.9. The summed E-state index contributed by atoms with van der Waals surface area (Å²) in [5.41, 5.74) is 2.79. The van der Waals surface area contributed by atoms with Crippen LogP contribution in [0.4, 0.5) is 0 Å². The number of benzene rings is 1. The summed E-state index contributed by atoms with van der Waals surface area (Å²) in [5, 5.41) is 3.20. The fourth-order valence-electron chi connectivity index (χ4n) is 1.97. The van der Waals surface area contributed by atoms with Crippen molar-refractivity contribution >= 4 is 0 Å². The van der Waals surface area contributed by atoms with Gasteiger partial charge in [-0.15, -0.1) is 0 Å². The Labute approximate surface area is 118 Å². The Morgan fingerprint density at radius 2 is 1.89 bits per heavy atom. The molecule has 0 amide bonds. The van der Waals surface area contributed by atoms with Gasteiger partial charge in [0, 0.05) is 0 Å². The van der Waals surface area contributed by atoms with Gasteiger partial charge in [-0.25, -0.2) is 0 Å². The van der Waals surface area contributed by atoms with Crippen molar-refractivity contribution in [2.45, 2.75) is 46.5 Å². The molecule has 0 fully saturated rings. The van der Waals surface area contributed by atoms with Crippen molar-refractivity contribution in [1.29, 1.82) is 0 Å². The molecule has 0 aliphatic rings. The molecule has 0 spiro atoms. The molecule has 0 radical (unpaired) electrons. The summed E-state index contributed by atoms with van der Waals surface area (Å²) in [7, 11) is 1.99. The number of ether oxygens (including phenoxy) is 1. The minimum absolute atomic E-state index is 0.113. The maximum Gasteiger partial charge on any atom is 0.123 e. The van der Waals surface area contributed by atoms with Crippen LogP contribution in [0.3, 0.4) is 0 Å². The van der Waals surface area contributed by atoms with E-state index in [2.05, 4.69) is 58.1 Å². The molecule has 1 aromatic carbocycles. The van der Waals surface area contributed by atoms with Gasteiger partial charge in [0.15, 0.2) is 0 Å². The zero-order chi connectivity index (χ0) is 14.5. The van der Waals surface area contributed by atoms with Gasteiger partial charge < -0.3 is 10.1 Å². The van der Waals surface area contributed by atoms with Gasteiger partial charge in [0.05, 0.1) is 6.61 Å². The summed E-state index contributed by atoms with van der Waals surface area (Å²) in [6.45, 7) is 12.9. The Kier molecular flexibility index (Phi) is 5.86. The van der Waals surface area contributed by atoms with Crippen molar-refractivity contribution in [3.05, 3.63) is 29.3 Å². The van der Waals surface area contributed by atoms with Gasteiger partial charge >= 0.3 is 0 Å². The molecular formula is C17H29NO. The standard InChI is InChI=1S/C17H29NO/c1-13(2)12-19-16-8-7-14(9-10-18-6)11-15(16)17(3,4)5/h7-8,11,13,18H,9-10,12H2,1-6H3. The number of likely N-dealkylation sites (N-methyl/N-ethyl adjacent to an activating group) is 1. The van der Waals surface area contributed by atoms with Crippen LogP contribution in [0.2, 0.25) is 0 Å². The Hall–Kier alpha value is -1.02. The number of nitrogens with one attached hydrogen (secondary N) is 1. The summed E-state index contributed by atoms with van der Waals surface area (Å²) in [4.78, 5) is 0. The fraction of sp³-hybridized carbons (Fsp3) is 0.647. The first kappa shape index (κ1) is 16.0.